The fourth-order valence-electron chi connectivity index (χ4n) is 3.69. The summed E-state index contributed by atoms with van der Waals surface area (Å²) in [5, 5.41) is 3.23. The highest BCUT2D eigenvalue weighted by Gasteiger charge is 2.21. The topological polar surface area (TPSA) is 45.2 Å². The second-order valence-electron chi connectivity index (χ2n) is 8.89. The van der Waals surface area contributed by atoms with E-state index in [-0.39, 0.29) is 11.3 Å². The smallest absolute Gasteiger partial charge is 0.220 e. The average molecular weight is 380 g/mol. The van der Waals surface area contributed by atoms with Crippen molar-refractivity contribution in [3.05, 3.63) is 65.5 Å². The van der Waals surface area contributed by atoms with E-state index in [2.05, 4.69) is 66.3 Å². The number of nitrogens with one attached hydrogen (secondary N) is 1. The second kappa shape index (κ2) is 9.33. The lowest BCUT2D eigenvalue weighted by Gasteiger charge is -2.32. The van der Waals surface area contributed by atoms with Gasteiger partial charge in [0.2, 0.25) is 5.91 Å². The lowest BCUT2D eigenvalue weighted by atomic mass is 9.86. The van der Waals surface area contributed by atoms with E-state index in [9.17, 15) is 4.79 Å². The Labute approximate surface area is 169 Å². The third-order valence-corrected chi connectivity index (χ3v) is 5.53. The van der Waals surface area contributed by atoms with Crippen LogP contribution < -0.4 is 5.32 Å². The number of pyridine rings is 1. The summed E-state index contributed by atoms with van der Waals surface area (Å²) in [4.78, 5) is 19.2. The van der Waals surface area contributed by atoms with E-state index >= 15 is 0 Å². The zero-order valence-corrected chi connectivity index (χ0v) is 17.4. The number of aryl methyl sites for hydroxylation is 1. The number of amides is 1. The molecule has 0 radical (unpaired) electrons. The van der Waals surface area contributed by atoms with Gasteiger partial charge in [0.1, 0.15) is 0 Å². The van der Waals surface area contributed by atoms with Crippen LogP contribution >= 0.6 is 0 Å². The number of carbonyl (C=O) groups is 1. The Bertz CT molecular complexity index is 742. The van der Waals surface area contributed by atoms with Gasteiger partial charge in [-0.05, 0) is 47.9 Å². The minimum Gasteiger partial charge on any atom is -0.353 e. The lowest BCUT2D eigenvalue weighted by molar-refractivity contribution is -0.122. The van der Waals surface area contributed by atoms with Crippen molar-refractivity contribution in [3.63, 3.8) is 0 Å². The first-order valence-electron chi connectivity index (χ1n) is 10.4. The van der Waals surface area contributed by atoms with Crippen LogP contribution in [0.25, 0.3) is 0 Å². The van der Waals surface area contributed by atoms with E-state index in [0.717, 1.165) is 44.6 Å². The Kier molecular flexibility index (Phi) is 6.84. The summed E-state index contributed by atoms with van der Waals surface area (Å²) < 4.78 is 0. The van der Waals surface area contributed by atoms with Gasteiger partial charge in [-0.3, -0.25) is 14.7 Å². The zero-order chi connectivity index (χ0) is 20.0. The fourth-order valence-corrected chi connectivity index (χ4v) is 3.69. The molecule has 1 amide bonds. The van der Waals surface area contributed by atoms with Gasteiger partial charge in [-0.2, -0.15) is 0 Å². The quantitative estimate of drug-likeness (QED) is 0.822. The molecule has 4 nitrogen and oxygen atoms in total. The van der Waals surface area contributed by atoms with Crippen molar-refractivity contribution < 1.29 is 4.79 Å². The number of carbonyl (C=O) groups excluding carboxylic acids is 1. The number of piperidine rings is 1. The molecular weight excluding hydrogens is 346 g/mol. The molecule has 1 aromatic heterocycles. The van der Waals surface area contributed by atoms with Crippen LogP contribution in [0.3, 0.4) is 0 Å². The van der Waals surface area contributed by atoms with Gasteiger partial charge in [-0.1, -0.05) is 51.1 Å². The molecule has 0 saturated carbocycles. The molecule has 2 heterocycles. The molecule has 1 aromatic carbocycles. The Morgan fingerprint density at radius 2 is 1.82 bits per heavy atom. The predicted molar refractivity (Wildman–Crippen MR) is 114 cm³/mol. The zero-order valence-electron chi connectivity index (χ0n) is 17.4. The van der Waals surface area contributed by atoms with E-state index in [1.165, 1.54) is 11.1 Å². The number of hydrogen-bond donors (Lipinski definition) is 1. The largest absolute Gasteiger partial charge is 0.353 e. The van der Waals surface area contributed by atoms with Crippen molar-refractivity contribution in [1.29, 1.82) is 0 Å². The van der Waals surface area contributed by atoms with E-state index in [0.29, 0.717) is 12.5 Å². The molecule has 150 valence electrons. The molecule has 1 aliphatic rings. The molecule has 0 unspecified atom stereocenters. The average Bonchev–Trinajstić information content (AvgIpc) is 2.68. The maximum absolute atomic E-state index is 12.3. The van der Waals surface area contributed by atoms with E-state index in [1.54, 1.807) is 0 Å². The summed E-state index contributed by atoms with van der Waals surface area (Å²) in [5.74, 6) is 0.170. The highest BCUT2D eigenvalue weighted by molar-refractivity contribution is 5.76. The summed E-state index contributed by atoms with van der Waals surface area (Å²) in [5.41, 5.74) is 3.84. The molecule has 4 heteroatoms. The molecule has 0 aliphatic carbocycles. The number of rotatable bonds is 6. The minimum atomic E-state index is 0.168. The van der Waals surface area contributed by atoms with Gasteiger partial charge in [0.05, 0.1) is 5.69 Å². The molecule has 3 rings (SSSR count). The fraction of sp³-hybridized carbons (Fsp3) is 0.500. The first-order valence-corrected chi connectivity index (χ1v) is 10.4. The number of benzene rings is 1. The normalized spacial score (nSPS) is 16.1. The summed E-state index contributed by atoms with van der Waals surface area (Å²) in [6, 6.07) is 15.0. The van der Waals surface area contributed by atoms with Crippen LogP contribution in [0, 0.1) is 0 Å². The molecule has 1 N–H and O–H groups in total. The molecule has 0 spiro atoms. The van der Waals surface area contributed by atoms with Crippen LogP contribution in [-0.2, 0) is 23.2 Å². The van der Waals surface area contributed by atoms with Gasteiger partial charge in [-0.25, -0.2) is 0 Å². The Balaban J connectivity index is 1.37. The number of hydrogen-bond acceptors (Lipinski definition) is 3. The summed E-state index contributed by atoms with van der Waals surface area (Å²) >= 11 is 0. The Morgan fingerprint density at radius 3 is 2.43 bits per heavy atom. The van der Waals surface area contributed by atoms with Crippen molar-refractivity contribution in [1.82, 2.24) is 15.2 Å². The number of nitrogens with zero attached hydrogens (tertiary/aromatic N) is 2. The van der Waals surface area contributed by atoms with Gasteiger partial charge in [0.25, 0.3) is 0 Å². The van der Waals surface area contributed by atoms with Crippen LogP contribution in [0.15, 0.2) is 48.7 Å². The lowest BCUT2D eigenvalue weighted by Crippen LogP contribution is -2.44. The summed E-state index contributed by atoms with van der Waals surface area (Å²) in [6.07, 6.45) is 5.23. The third-order valence-electron chi connectivity index (χ3n) is 5.53. The van der Waals surface area contributed by atoms with Gasteiger partial charge < -0.3 is 5.32 Å². The molecule has 0 bridgehead atoms. The standard InChI is InChI=1S/C24H33N3O/c1-24(2,3)20-10-7-19(8-11-20)9-12-23(28)26-21-13-16-27(17-14-21)18-22-6-4-5-15-25-22/h4-8,10-11,15,21H,9,12-14,16-18H2,1-3H3,(H,26,28). The third kappa shape index (κ3) is 6.16. The van der Waals surface area contributed by atoms with Gasteiger partial charge in [-0.15, -0.1) is 0 Å². The van der Waals surface area contributed by atoms with Crippen LogP contribution in [-0.4, -0.2) is 34.9 Å². The van der Waals surface area contributed by atoms with Gasteiger partial charge in [0, 0.05) is 38.3 Å². The SMILES string of the molecule is CC(C)(C)c1ccc(CCC(=O)NC2CCN(Cc3ccccn3)CC2)cc1. The predicted octanol–water partition coefficient (Wildman–Crippen LogP) is 4.09. The summed E-state index contributed by atoms with van der Waals surface area (Å²) in [7, 11) is 0. The monoisotopic (exact) mass is 379 g/mol. The van der Waals surface area contributed by atoms with Crippen LogP contribution in [0.1, 0.15) is 56.9 Å². The molecule has 2 aromatic rings. The van der Waals surface area contributed by atoms with E-state index < -0.39 is 0 Å². The number of likely N-dealkylation sites (tertiary alicyclic amines) is 1. The molecular formula is C24H33N3O. The van der Waals surface area contributed by atoms with Crippen molar-refractivity contribution in [3.8, 4) is 0 Å². The minimum absolute atomic E-state index is 0.168. The van der Waals surface area contributed by atoms with Crippen molar-refractivity contribution >= 4 is 5.91 Å². The van der Waals surface area contributed by atoms with E-state index in [4.69, 9.17) is 0 Å². The summed E-state index contributed by atoms with van der Waals surface area (Å²) in [6.45, 7) is 9.57. The highest BCUT2D eigenvalue weighted by Crippen LogP contribution is 2.22. The van der Waals surface area contributed by atoms with Crippen LogP contribution in [0.5, 0.6) is 0 Å². The van der Waals surface area contributed by atoms with Crippen molar-refractivity contribution in [2.45, 2.75) is 64.5 Å². The van der Waals surface area contributed by atoms with Crippen LogP contribution in [0.4, 0.5) is 0 Å². The van der Waals surface area contributed by atoms with Crippen molar-refractivity contribution in [2.75, 3.05) is 13.1 Å². The van der Waals surface area contributed by atoms with Crippen molar-refractivity contribution in [2.24, 2.45) is 0 Å². The van der Waals surface area contributed by atoms with Crippen LogP contribution in [0.2, 0.25) is 0 Å². The van der Waals surface area contributed by atoms with Gasteiger partial charge in [0.15, 0.2) is 0 Å². The Morgan fingerprint density at radius 1 is 1.11 bits per heavy atom. The van der Waals surface area contributed by atoms with E-state index in [1.807, 2.05) is 18.3 Å². The maximum Gasteiger partial charge on any atom is 0.220 e. The first-order chi connectivity index (χ1) is 13.4. The molecule has 28 heavy (non-hydrogen) atoms. The second-order valence-corrected chi connectivity index (χ2v) is 8.89. The number of aromatic nitrogens is 1. The molecule has 1 saturated heterocycles. The highest BCUT2D eigenvalue weighted by atomic mass is 16.1. The van der Waals surface area contributed by atoms with Gasteiger partial charge >= 0.3 is 0 Å². The molecule has 1 aliphatic heterocycles. The maximum atomic E-state index is 12.3. The molecule has 1 fully saturated rings. The first kappa shape index (κ1) is 20.5. The Hall–Kier alpha value is -2.20. The molecule has 0 atom stereocenters.